The fraction of sp³-hybridized carbons (Fsp3) is 0.167. The van der Waals surface area contributed by atoms with Crippen molar-refractivity contribution >= 4 is 34.8 Å². The number of hydrazone groups is 1. The normalized spacial score (nSPS) is 18.9. The van der Waals surface area contributed by atoms with Crippen molar-refractivity contribution in [1.29, 1.82) is 0 Å². The van der Waals surface area contributed by atoms with E-state index < -0.39 is 5.91 Å². The number of hydrogen-bond donors (Lipinski definition) is 1. The lowest BCUT2D eigenvalue weighted by Crippen LogP contribution is -2.36. The molecular weight excluding hydrogens is 326 g/mol. The van der Waals surface area contributed by atoms with E-state index in [1.807, 2.05) is 18.2 Å². The van der Waals surface area contributed by atoms with Gasteiger partial charge < -0.3 is 5.73 Å². The van der Waals surface area contributed by atoms with Crippen LogP contribution in [0.4, 0.5) is 5.69 Å². The van der Waals surface area contributed by atoms with Crippen molar-refractivity contribution in [3.05, 3.63) is 64.2 Å². The monoisotopic (exact) mass is 339 g/mol. The number of rotatable bonds is 2. The second-order valence-electron chi connectivity index (χ2n) is 6.01. The molecule has 1 heterocycles. The van der Waals surface area contributed by atoms with Gasteiger partial charge in [0.25, 0.3) is 0 Å². The summed E-state index contributed by atoms with van der Waals surface area (Å²) in [5.41, 5.74) is 9.23. The first kappa shape index (κ1) is 14.9. The number of anilines is 1. The van der Waals surface area contributed by atoms with Crippen LogP contribution in [-0.4, -0.2) is 17.5 Å². The Morgan fingerprint density at radius 2 is 2.04 bits per heavy atom. The number of hydrogen-bond acceptors (Lipinski definition) is 3. The van der Waals surface area contributed by atoms with Crippen molar-refractivity contribution in [2.24, 2.45) is 16.8 Å². The first-order valence-electron chi connectivity index (χ1n) is 7.63. The van der Waals surface area contributed by atoms with Crippen LogP contribution in [0, 0.1) is 5.92 Å². The van der Waals surface area contributed by atoms with Crippen LogP contribution >= 0.6 is 11.6 Å². The topological polar surface area (TPSA) is 75.8 Å². The van der Waals surface area contributed by atoms with Crippen molar-refractivity contribution < 1.29 is 9.59 Å². The quantitative estimate of drug-likeness (QED) is 0.913. The lowest BCUT2D eigenvalue weighted by molar-refractivity contribution is -0.119. The van der Waals surface area contributed by atoms with Gasteiger partial charge in [-0.2, -0.15) is 5.10 Å². The van der Waals surface area contributed by atoms with Gasteiger partial charge in [-0.25, -0.2) is 5.01 Å². The molecule has 0 saturated heterocycles. The highest BCUT2D eigenvalue weighted by Gasteiger charge is 2.36. The van der Waals surface area contributed by atoms with Gasteiger partial charge in [-0.05, 0) is 42.3 Å². The van der Waals surface area contributed by atoms with Crippen LogP contribution in [0.5, 0.6) is 0 Å². The standard InChI is InChI=1S/C18H14ClN3O2/c19-13-5-4-10-6-12-8-16(23)22(21-17(12)15(10)9-13)14-3-1-2-11(7-14)18(20)24/h1-5,7,9,12H,6,8H2,(H2,20,24). The molecule has 0 fully saturated rings. The van der Waals surface area contributed by atoms with E-state index in [2.05, 4.69) is 5.10 Å². The van der Waals surface area contributed by atoms with Crippen molar-refractivity contribution in [2.45, 2.75) is 12.8 Å². The highest BCUT2D eigenvalue weighted by molar-refractivity contribution is 6.31. The van der Waals surface area contributed by atoms with Gasteiger partial charge in [0, 0.05) is 28.5 Å². The predicted octanol–water partition coefficient (Wildman–Crippen LogP) is 2.75. The highest BCUT2D eigenvalue weighted by atomic mass is 35.5. The van der Waals surface area contributed by atoms with E-state index in [0.717, 1.165) is 23.3 Å². The maximum atomic E-state index is 12.5. The molecule has 1 aliphatic heterocycles. The molecule has 2 aromatic carbocycles. The zero-order valence-electron chi connectivity index (χ0n) is 12.7. The summed E-state index contributed by atoms with van der Waals surface area (Å²) in [4.78, 5) is 23.9. The van der Waals surface area contributed by atoms with Gasteiger partial charge in [-0.15, -0.1) is 0 Å². The van der Waals surface area contributed by atoms with Gasteiger partial charge in [0.15, 0.2) is 0 Å². The first-order valence-corrected chi connectivity index (χ1v) is 8.01. The van der Waals surface area contributed by atoms with Crippen molar-refractivity contribution in [3.8, 4) is 0 Å². The van der Waals surface area contributed by atoms with Crippen LogP contribution in [0.3, 0.4) is 0 Å². The van der Waals surface area contributed by atoms with Gasteiger partial charge in [-0.1, -0.05) is 23.7 Å². The van der Waals surface area contributed by atoms with Gasteiger partial charge in [-0.3, -0.25) is 9.59 Å². The molecule has 1 atom stereocenters. The third kappa shape index (κ3) is 2.37. The van der Waals surface area contributed by atoms with Gasteiger partial charge in [0.1, 0.15) is 0 Å². The summed E-state index contributed by atoms with van der Waals surface area (Å²) in [5, 5.41) is 6.57. The Morgan fingerprint density at radius 1 is 1.21 bits per heavy atom. The van der Waals surface area contributed by atoms with Crippen molar-refractivity contribution in [3.63, 3.8) is 0 Å². The molecule has 120 valence electrons. The molecule has 5 nitrogen and oxygen atoms in total. The summed E-state index contributed by atoms with van der Waals surface area (Å²) in [6, 6.07) is 12.4. The highest BCUT2D eigenvalue weighted by Crippen LogP contribution is 2.36. The number of halogens is 1. The summed E-state index contributed by atoms with van der Waals surface area (Å²) in [5.74, 6) is -0.546. The molecule has 0 spiro atoms. The van der Waals surface area contributed by atoms with Gasteiger partial charge in [0.2, 0.25) is 11.8 Å². The minimum absolute atomic E-state index is 0.0848. The molecule has 4 rings (SSSR count). The minimum atomic E-state index is -0.537. The Morgan fingerprint density at radius 3 is 2.83 bits per heavy atom. The summed E-state index contributed by atoms with van der Waals surface area (Å²) in [6.45, 7) is 0. The van der Waals surface area contributed by atoms with E-state index in [9.17, 15) is 9.59 Å². The molecule has 1 unspecified atom stereocenters. The smallest absolute Gasteiger partial charge is 0.248 e. The Labute approximate surface area is 143 Å². The average molecular weight is 340 g/mol. The Hall–Kier alpha value is -2.66. The Bertz CT molecular complexity index is 907. The van der Waals surface area contributed by atoms with Crippen LogP contribution in [0.2, 0.25) is 5.02 Å². The third-order valence-electron chi connectivity index (χ3n) is 4.44. The number of benzene rings is 2. The summed E-state index contributed by atoms with van der Waals surface area (Å²) < 4.78 is 0. The summed E-state index contributed by atoms with van der Waals surface area (Å²) in [7, 11) is 0. The second-order valence-corrected chi connectivity index (χ2v) is 6.45. The molecule has 24 heavy (non-hydrogen) atoms. The lowest BCUT2D eigenvalue weighted by Gasteiger charge is -2.26. The summed E-state index contributed by atoms with van der Waals surface area (Å²) >= 11 is 6.11. The van der Waals surface area contributed by atoms with Gasteiger partial charge in [0.05, 0.1) is 11.4 Å². The zero-order valence-corrected chi connectivity index (χ0v) is 13.5. The van der Waals surface area contributed by atoms with Crippen LogP contribution in [0.1, 0.15) is 27.9 Å². The number of fused-ring (bicyclic) bond motifs is 3. The molecular formula is C18H14ClN3O2. The number of nitrogens with zero attached hydrogens (tertiary/aromatic N) is 2. The maximum Gasteiger partial charge on any atom is 0.248 e. The van der Waals surface area contributed by atoms with Crippen LogP contribution < -0.4 is 10.7 Å². The number of nitrogens with two attached hydrogens (primary N) is 1. The van der Waals surface area contributed by atoms with E-state index >= 15 is 0 Å². The number of carbonyl (C=O) groups excluding carboxylic acids is 2. The molecule has 0 aromatic heterocycles. The Balaban J connectivity index is 1.79. The zero-order chi connectivity index (χ0) is 16.8. The van der Waals surface area contributed by atoms with Crippen molar-refractivity contribution in [1.82, 2.24) is 0 Å². The molecule has 1 aliphatic carbocycles. The van der Waals surface area contributed by atoms with Crippen LogP contribution in [-0.2, 0) is 11.2 Å². The largest absolute Gasteiger partial charge is 0.366 e. The lowest BCUT2D eigenvalue weighted by atomic mass is 9.98. The minimum Gasteiger partial charge on any atom is -0.366 e. The third-order valence-corrected chi connectivity index (χ3v) is 4.68. The fourth-order valence-electron chi connectivity index (χ4n) is 3.30. The molecule has 0 bridgehead atoms. The fourth-order valence-corrected chi connectivity index (χ4v) is 3.48. The van der Waals surface area contributed by atoms with Crippen LogP contribution in [0.25, 0.3) is 0 Å². The van der Waals surface area contributed by atoms with E-state index in [1.54, 1.807) is 24.3 Å². The molecule has 0 radical (unpaired) electrons. The van der Waals surface area contributed by atoms with E-state index in [4.69, 9.17) is 17.3 Å². The van der Waals surface area contributed by atoms with Gasteiger partial charge >= 0.3 is 0 Å². The molecule has 2 amide bonds. The number of amides is 2. The second kappa shape index (κ2) is 5.46. The SMILES string of the molecule is NC(=O)c1cccc(N2N=C3c4cc(Cl)ccc4CC3CC2=O)c1. The van der Waals surface area contributed by atoms with E-state index in [1.165, 1.54) is 5.01 Å². The molecule has 2 N–H and O–H groups in total. The molecule has 2 aromatic rings. The molecule has 0 saturated carbocycles. The van der Waals surface area contributed by atoms with Crippen molar-refractivity contribution in [2.75, 3.05) is 5.01 Å². The van der Waals surface area contributed by atoms with E-state index in [0.29, 0.717) is 22.7 Å². The number of primary amides is 1. The molecule has 2 aliphatic rings. The maximum absolute atomic E-state index is 12.5. The first-order chi connectivity index (χ1) is 11.5. The average Bonchev–Trinajstić information content (AvgIpc) is 2.90. The van der Waals surface area contributed by atoms with E-state index in [-0.39, 0.29) is 11.8 Å². The Kier molecular flexibility index (Phi) is 3.39. The molecule has 6 heteroatoms. The number of carbonyl (C=O) groups is 2. The van der Waals surface area contributed by atoms with Crippen LogP contribution in [0.15, 0.2) is 47.6 Å². The summed E-state index contributed by atoms with van der Waals surface area (Å²) in [6.07, 6.45) is 1.18. The predicted molar refractivity (Wildman–Crippen MR) is 92.2 cm³/mol.